The first-order chi connectivity index (χ1) is 20.7. The van der Waals surface area contributed by atoms with Gasteiger partial charge < -0.3 is 64.5 Å². The van der Waals surface area contributed by atoms with Crippen molar-refractivity contribution >= 4 is 29.8 Å². The fourth-order valence-corrected chi connectivity index (χ4v) is 5.11. The maximum Gasteiger partial charge on any atom is 0.340 e. The number of ether oxygens (including phenoxy) is 5. The van der Waals surface area contributed by atoms with Crippen LogP contribution >= 0.6 is 0 Å². The van der Waals surface area contributed by atoms with Crippen LogP contribution in [0, 0.1) is 5.92 Å². The van der Waals surface area contributed by atoms with Crippen molar-refractivity contribution in [1.82, 2.24) is 0 Å². The van der Waals surface area contributed by atoms with Crippen LogP contribution in [0.15, 0.2) is 18.2 Å². The average Bonchev–Trinajstić information content (AvgIpc) is 3.30. The predicted octanol–water partition coefficient (Wildman–Crippen LogP) is -1.31. The van der Waals surface area contributed by atoms with Crippen molar-refractivity contribution in [2.75, 3.05) is 6.61 Å². The standard InChI is InChI=1S/C26H22O18/c27-5-12-19-18(35)21(26(40-12)44-22(36)6-1-9(28)16(33)10(29)2-6)43-23(37)7-3-11(30)17(34)20-14(7)15(25(39)42-20)8(4-13(31)32)24(38)41-19/h1-3,8,12,15,18-19,21,26-30,33-35H,4-5H2,(H,31,32)/t8?,12-,15+,18+,19-,21-,26+/m1/s1. The summed E-state index contributed by atoms with van der Waals surface area (Å²) in [5.41, 5.74) is -1.83. The van der Waals surface area contributed by atoms with Crippen molar-refractivity contribution in [3.8, 4) is 34.5 Å². The van der Waals surface area contributed by atoms with Gasteiger partial charge in [-0.3, -0.25) is 14.4 Å². The number of carbonyl (C=O) groups is 5. The van der Waals surface area contributed by atoms with Gasteiger partial charge >= 0.3 is 29.8 Å². The van der Waals surface area contributed by atoms with Gasteiger partial charge in [0.15, 0.2) is 41.0 Å². The Bertz CT molecular complexity index is 1560. The second-order valence-electron chi connectivity index (χ2n) is 9.89. The molecule has 44 heavy (non-hydrogen) atoms. The number of esters is 4. The van der Waals surface area contributed by atoms with E-state index >= 15 is 0 Å². The highest BCUT2D eigenvalue weighted by atomic mass is 16.7. The number of aliphatic hydroxyl groups is 2. The lowest BCUT2D eigenvalue weighted by Gasteiger charge is -2.42. The van der Waals surface area contributed by atoms with Crippen LogP contribution in [0.1, 0.15) is 38.6 Å². The first-order valence-corrected chi connectivity index (χ1v) is 12.6. The van der Waals surface area contributed by atoms with Gasteiger partial charge in [-0.25, -0.2) is 9.59 Å². The van der Waals surface area contributed by atoms with E-state index in [0.29, 0.717) is 18.2 Å². The third kappa shape index (κ3) is 4.99. The number of benzene rings is 2. The molecule has 1 saturated heterocycles. The molecule has 0 spiro atoms. The molecule has 0 radical (unpaired) electrons. The molecular formula is C26H22O18. The number of aromatic hydroxyl groups is 5. The van der Waals surface area contributed by atoms with Gasteiger partial charge in [-0.2, -0.15) is 0 Å². The monoisotopic (exact) mass is 622 g/mol. The van der Waals surface area contributed by atoms with Gasteiger partial charge in [0.2, 0.25) is 12.0 Å². The third-order valence-corrected chi connectivity index (χ3v) is 7.18. The number of phenols is 5. The molecule has 1 fully saturated rings. The second-order valence-corrected chi connectivity index (χ2v) is 9.89. The number of carboxylic acid groups (broad SMARTS) is 1. The molecular weight excluding hydrogens is 600 g/mol. The molecule has 2 aromatic rings. The van der Waals surface area contributed by atoms with Crippen LogP contribution in [0.5, 0.6) is 34.5 Å². The molecule has 3 aliphatic heterocycles. The summed E-state index contributed by atoms with van der Waals surface area (Å²) in [6.45, 7) is -1.02. The summed E-state index contributed by atoms with van der Waals surface area (Å²) >= 11 is 0. The van der Waals surface area contributed by atoms with E-state index in [9.17, 15) is 64.8 Å². The second kappa shape index (κ2) is 11.1. The molecule has 5 rings (SSSR count). The van der Waals surface area contributed by atoms with Crippen molar-refractivity contribution in [2.24, 2.45) is 5.92 Å². The molecule has 18 nitrogen and oxygen atoms in total. The van der Waals surface area contributed by atoms with Crippen LogP contribution in [0.3, 0.4) is 0 Å². The van der Waals surface area contributed by atoms with Gasteiger partial charge in [0, 0.05) is 5.56 Å². The SMILES string of the molecule is O=C(O)CC1C(=O)O[C@H]2[C@H](O)[C@@H](OC(=O)c3cc(O)c(O)c4c3[C@H]1C(=O)O4)[C@H](OC(=O)c1cc(O)c(O)c(O)c1)O[C@@H]2CO. The highest BCUT2D eigenvalue weighted by Crippen LogP contribution is 2.51. The smallest absolute Gasteiger partial charge is 0.340 e. The van der Waals surface area contributed by atoms with Crippen molar-refractivity contribution in [1.29, 1.82) is 0 Å². The number of aliphatic carboxylic acids is 1. The molecule has 8 N–H and O–H groups in total. The van der Waals surface area contributed by atoms with E-state index in [-0.39, 0.29) is 0 Å². The predicted molar refractivity (Wildman–Crippen MR) is 132 cm³/mol. The zero-order valence-electron chi connectivity index (χ0n) is 21.8. The maximum absolute atomic E-state index is 13.5. The van der Waals surface area contributed by atoms with Gasteiger partial charge in [-0.1, -0.05) is 0 Å². The van der Waals surface area contributed by atoms with Crippen molar-refractivity contribution in [3.63, 3.8) is 0 Å². The summed E-state index contributed by atoms with van der Waals surface area (Å²) in [5, 5.41) is 80.2. The quantitative estimate of drug-likeness (QED) is 0.0831. The van der Waals surface area contributed by atoms with Gasteiger partial charge in [0.1, 0.15) is 18.1 Å². The molecule has 2 bridgehead atoms. The molecule has 3 aliphatic rings. The number of hydrogen-bond acceptors (Lipinski definition) is 17. The number of phenolic OH excluding ortho intramolecular Hbond substituents is 5. The van der Waals surface area contributed by atoms with Gasteiger partial charge in [0.05, 0.1) is 30.1 Å². The molecule has 0 saturated carbocycles. The fraction of sp³-hybridized carbons (Fsp3) is 0.346. The summed E-state index contributed by atoms with van der Waals surface area (Å²) in [7, 11) is 0. The average molecular weight is 622 g/mol. The van der Waals surface area contributed by atoms with E-state index in [4.69, 9.17) is 23.7 Å². The normalized spacial score (nSPS) is 27.7. The molecule has 2 aromatic carbocycles. The Morgan fingerprint density at radius 2 is 1.50 bits per heavy atom. The van der Waals surface area contributed by atoms with Gasteiger partial charge in [-0.15, -0.1) is 0 Å². The molecule has 0 amide bonds. The maximum atomic E-state index is 13.5. The van der Waals surface area contributed by atoms with Crippen LogP contribution in [0.25, 0.3) is 0 Å². The van der Waals surface area contributed by atoms with Crippen LogP contribution < -0.4 is 4.74 Å². The Morgan fingerprint density at radius 1 is 0.864 bits per heavy atom. The minimum Gasteiger partial charge on any atom is -0.504 e. The van der Waals surface area contributed by atoms with E-state index in [1.165, 1.54) is 0 Å². The highest BCUT2D eigenvalue weighted by Gasteiger charge is 2.55. The third-order valence-electron chi connectivity index (χ3n) is 7.18. The molecule has 1 unspecified atom stereocenters. The Balaban J connectivity index is 1.61. The Morgan fingerprint density at radius 3 is 2.11 bits per heavy atom. The first kappa shape index (κ1) is 30.1. The van der Waals surface area contributed by atoms with Gasteiger partial charge in [-0.05, 0) is 18.2 Å². The van der Waals surface area contributed by atoms with Crippen LogP contribution in [-0.4, -0.2) is 108 Å². The van der Waals surface area contributed by atoms with Crippen molar-refractivity contribution < 1.29 is 88.5 Å². The molecule has 3 heterocycles. The summed E-state index contributed by atoms with van der Waals surface area (Å²) < 4.78 is 26.3. The van der Waals surface area contributed by atoms with Gasteiger partial charge in [0.25, 0.3) is 0 Å². The molecule has 18 heteroatoms. The lowest BCUT2D eigenvalue weighted by molar-refractivity contribution is -0.288. The number of aliphatic hydroxyl groups excluding tert-OH is 2. The summed E-state index contributed by atoms with van der Waals surface area (Å²) in [5.74, 6) is -16.6. The minimum absolute atomic E-state index is 0.548. The lowest BCUT2D eigenvalue weighted by Crippen LogP contribution is -2.62. The van der Waals surface area contributed by atoms with Crippen LogP contribution in [-0.2, 0) is 33.3 Å². The number of rotatable bonds is 5. The largest absolute Gasteiger partial charge is 0.504 e. The Labute approximate surface area is 243 Å². The zero-order chi connectivity index (χ0) is 32.2. The van der Waals surface area contributed by atoms with Crippen molar-refractivity contribution in [2.45, 2.75) is 43.0 Å². The minimum atomic E-state index is -2.15. The summed E-state index contributed by atoms with van der Waals surface area (Å²) in [4.78, 5) is 64.3. The van der Waals surface area contributed by atoms with E-state index < -0.39 is 137 Å². The first-order valence-electron chi connectivity index (χ1n) is 12.6. The Kier molecular flexibility index (Phi) is 7.58. The van der Waals surface area contributed by atoms with Crippen LogP contribution in [0.2, 0.25) is 0 Å². The number of carboxylic acids is 1. The molecule has 0 aromatic heterocycles. The molecule has 7 atom stereocenters. The summed E-state index contributed by atoms with van der Waals surface area (Å²) in [6.07, 6.45) is -11.1. The molecule has 234 valence electrons. The van der Waals surface area contributed by atoms with E-state index in [1.54, 1.807) is 0 Å². The van der Waals surface area contributed by atoms with Crippen LogP contribution in [0.4, 0.5) is 0 Å². The number of carbonyl (C=O) groups excluding carboxylic acids is 4. The zero-order valence-corrected chi connectivity index (χ0v) is 21.8. The summed E-state index contributed by atoms with van der Waals surface area (Å²) in [6, 6.07) is 2.01. The van der Waals surface area contributed by atoms with E-state index in [0.717, 1.165) is 0 Å². The highest BCUT2D eigenvalue weighted by molar-refractivity contribution is 6.02. The number of hydrogen-bond donors (Lipinski definition) is 8. The Hall–Kier alpha value is -5.33. The topological polar surface area (TPSA) is 293 Å². The van der Waals surface area contributed by atoms with E-state index in [1.807, 2.05) is 0 Å². The molecule has 0 aliphatic carbocycles. The van der Waals surface area contributed by atoms with Crippen molar-refractivity contribution in [3.05, 3.63) is 34.9 Å². The fourth-order valence-electron chi connectivity index (χ4n) is 5.11. The lowest BCUT2D eigenvalue weighted by atomic mass is 9.82. The van der Waals surface area contributed by atoms with E-state index in [2.05, 4.69) is 0 Å². The number of fused-ring (bicyclic) bond motifs is 2.